The molecule has 4 heteroatoms. The van der Waals surface area contributed by atoms with Crippen LogP contribution in [0.1, 0.15) is 18.4 Å². The van der Waals surface area contributed by atoms with Gasteiger partial charge in [0.2, 0.25) is 0 Å². The third-order valence-electron chi connectivity index (χ3n) is 3.10. The lowest BCUT2D eigenvalue weighted by Gasteiger charge is -2.04. The summed E-state index contributed by atoms with van der Waals surface area (Å²) >= 11 is 0. The molecule has 2 N–H and O–H groups in total. The molecule has 1 heterocycles. The van der Waals surface area contributed by atoms with Gasteiger partial charge in [0.15, 0.2) is 0 Å². The number of ether oxygens (including phenoxy) is 1. The van der Waals surface area contributed by atoms with Crippen LogP contribution in [0.4, 0.5) is 0 Å². The topological polar surface area (TPSA) is 53.1 Å². The second-order valence-corrected chi connectivity index (χ2v) is 4.18. The van der Waals surface area contributed by atoms with Crippen molar-refractivity contribution in [3.05, 3.63) is 35.8 Å². The lowest BCUT2D eigenvalue weighted by atomic mass is 10.1. The monoisotopic (exact) mass is 245 g/mol. The highest BCUT2D eigenvalue weighted by molar-refractivity contribution is 5.63. The van der Waals surface area contributed by atoms with Gasteiger partial charge in [0.1, 0.15) is 11.6 Å². The van der Waals surface area contributed by atoms with Crippen molar-refractivity contribution in [2.24, 2.45) is 12.8 Å². The molecule has 0 aliphatic carbocycles. The van der Waals surface area contributed by atoms with Gasteiger partial charge in [0, 0.05) is 18.3 Å². The molecule has 0 amide bonds. The van der Waals surface area contributed by atoms with E-state index in [2.05, 4.69) is 11.9 Å². The summed E-state index contributed by atoms with van der Waals surface area (Å²) in [6, 6.07) is 7.99. The molecule has 0 radical (unpaired) electrons. The van der Waals surface area contributed by atoms with Gasteiger partial charge in [-0.15, -0.1) is 0 Å². The average Bonchev–Trinajstić information content (AvgIpc) is 2.68. The van der Waals surface area contributed by atoms with Gasteiger partial charge in [-0.25, -0.2) is 4.98 Å². The Morgan fingerprint density at radius 3 is 2.44 bits per heavy atom. The van der Waals surface area contributed by atoms with Crippen molar-refractivity contribution < 1.29 is 4.74 Å². The first-order valence-electron chi connectivity index (χ1n) is 6.12. The minimum Gasteiger partial charge on any atom is -0.494 e. The van der Waals surface area contributed by atoms with E-state index in [1.165, 1.54) is 0 Å². The summed E-state index contributed by atoms with van der Waals surface area (Å²) in [5.41, 5.74) is 8.87. The van der Waals surface area contributed by atoms with Gasteiger partial charge in [0.05, 0.1) is 18.8 Å². The molecule has 0 unspecified atom stereocenters. The van der Waals surface area contributed by atoms with E-state index in [1.807, 2.05) is 42.8 Å². The fourth-order valence-corrected chi connectivity index (χ4v) is 1.97. The van der Waals surface area contributed by atoms with Gasteiger partial charge in [-0.3, -0.25) is 0 Å². The minimum absolute atomic E-state index is 0.453. The second kappa shape index (κ2) is 5.23. The third-order valence-corrected chi connectivity index (χ3v) is 3.10. The van der Waals surface area contributed by atoms with Gasteiger partial charge in [-0.1, -0.05) is 0 Å². The predicted octanol–water partition coefficient (Wildman–Crippen LogP) is 2.25. The molecule has 18 heavy (non-hydrogen) atoms. The van der Waals surface area contributed by atoms with Gasteiger partial charge in [-0.2, -0.15) is 0 Å². The number of aromatic nitrogens is 2. The molecule has 0 spiro atoms. The summed E-state index contributed by atoms with van der Waals surface area (Å²) in [5.74, 6) is 1.78. The van der Waals surface area contributed by atoms with Crippen LogP contribution in [-0.4, -0.2) is 16.2 Å². The number of imidazole rings is 1. The Morgan fingerprint density at radius 1 is 1.28 bits per heavy atom. The number of hydrogen-bond donors (Lipinski definition) is 1. The van der Waals surface area contributed by atoms with E-state index in [4.69, 9.17) is 10.5 Å². The highest BCUT2D eigenvalue weighted by atomic mass is 16.5. The van der Waals surface area contributed by atoms with Crippen molar-refractivity contribution in [1.29, 1.82) is 0 Å². The lowest BCUT2D eigenvalue weighted by molar-refractivity contribution is 0.340. The van der Waals surface area contributed by atoms with Gasteiger partial charge in [0.25, 0.3) is 0 Å². The van der Waals surface area contributed by atoms with Crippen LogP contribution in [0.25, 0.3) is 11.3 Å². The first kappa shape index (κ1) is 12.6. The molecule has 96 valence electrons. The molecule has 0 atom stereocenters. The zero-order valence-electron chi connectivity index (χ0n) is 11.1. The Bertz CT molecular complexity index is 529. The van der Waals surface area contributed by atoms with Crippen molar-refractivity contribution in [1.82, 2.24) is 9.55 Å². The standard InChI is InChI=1S/C14H19N3O/c1-4-18-12-7-5-11(6-8-12)14-10(2)17(3)13(9-15)16-14/h5-8H,4,9,15H2,1-3H3. The van der Waals surface area contributed by atoms with Crippen LogP contribution in [0.15, 0.2) is 24.3 Å². The van der Waals surface area contributed by atoms with Crippen LogP contribution in [0.5, 0.6) is 5.75 Å². The highest BCUT2D eigenvalue weighted by Crippen LogP contribution is 2.25. The van der Waals surface area contributed by atoms with Crippen LogP contribution in [0.2, 0.25) is 0 Å². The third kappa shape index (κ3) is 2.24. The summed E-state index contributed by atoms with van der Waals surface area (Å²) in [5, 5.41) is 0. The number of hydrogen-bond acceptors (Lipinski definition) is 3. The Kier molecular flexibility index (Phi) is 3.67. The summed E-state index contributed by atoms with van der Waals surface area (Å²) in [7, 11) is 1.99. The molecule has 0 aliphatic rings. The average molecular weight is 245 g/mol. The second-order valence-electron chi connectivity index (χ2n) is 4.18. The SMILES string of the molecule is CCOc1ccc(-c2nc(CN)n(C)c2C)cc1. The number of rotatable bonds is 4. The van der Waals surface area contributed by atoms with Crippen LogP contribution in [0.3, 0.4) is 0 Å². The summed E-state index contributed by atoms with van der Waals surface area (Å²) in [6.07, 6.45) is 0. The van der Waals surface area contributed by atoms with Crippen LogP contribution >= 0.6 is 0 Å². The molecule has 2 rings (SSSR count). The predicted molar refractivity (Wildman–Crippen MR) is 72.4 cm³/mol. The maximum absolute atomic E-state index is 5.67. The highest BCUT2D eigenvalue weighted by Gasteiger charge is 2.11. The van der Waals surface area contributed by atoms with Gasteiger partial charge >= 0.3 is 0 Å². The van der Waals surface area contributed by atoms with Crippen molar-refractivity contribution in [3.8, 4) is 17.0 Å². The smallest absolute Gasteiger partial charge is 0.123 e. The Morgan fingerprint density at radius 2 is 1.94 bits per heavy atom. The molecule has 0 bridgehead atoms. The molecule has 0 aliphatic heterocycles. The zero-order valence-corrected chi connectivity index (χ0v) is 11.1. The quantitative estimate of drug-likeness (QED) is 0.898. The Labute approximate surface area is 107 Å². The van der Waals surface area contributed by atoms with Gasteiger partial charge in [-0.05, 0) is 38.1 Å². The molecule has 0 fully saturated rings. The fraction of sp³-hybridized carbons (Fsp3) is 0.357. The van der Waals surface area contributed by atoms with E-state index in [9.17, 15) is 0 Å². The first-order valence-corrected chi connectivity index (χ1v) is 6.12. The molecule has 1 aromatic carbocycles. The zero-order chi connectivity index (χ0) is 13.1. The van der Waals surface area contributed by atoms with E-state index >= 15 is 0 Å². The number of benzene rings is 1. The summed E-state index contributed by atoms with van der Waals surface area (Å²) in [6.45, 7) is 5.16. The van der Waals surface area contributed by atoms with Crippen molar-refractivity contribution >= 4 is 0 Å². The largest absolute Gasteiger partial charge is 0.494 e. The van der Waals surface area contributed by atoms with Crippen LogP contribution < -0.4 is 10.5 Å². The number of nitrogens with zero attached hydrogens (tertiary/aromatic N) is 2. The van der Waals surface area contributed by atoms with Crippen molar-refractivity contribution in [2.45, 2.75) is 20.4 Å². The lowest BCUT2D eigenvalue weighted by Crippen LogP contribution is -2.05. The van der Waals surface area contributed by atoms with E-state index in [1.54, 1.807) is 0 Å². The summed E-state index contributed by atoms with van der Waals surface area (Å²) < 4.78 is 7.46. The van der Waals surface area contributed by atoms with E-state index in [0.717, 1.165) is 28.5 Å². The van der Waals surface area contributed by atoms with Crippen molar-refractivity contribution in [2.75, 3.05) is 6.61 Å². The van der Waals surface area contributed by atoms with Crippen LogP contribution in [-0.2, 0) is 13.6 Å². The van der Waals surface area contributed by atoms with E-state index < -0.39 is 0 Å². The van der Waals surface area contributed by atoms with E-state index in [-0.39, 0.29) is 0 Å². The fourth-order valence-electron chi connectivity index (χ4n) is 1.97. The molecular formula is C14H19N3O. The number of nitrogens with two attached hydrogens (primary N) is 1. The molecular weight excluding hydrogens is 226 g/mol. The Balaban J connectivity index is 2.36. The van der Waals surface area contributed by atoms with E-state index in [0.29, 0.717) is 13.2 Å². The maximum Gasteiger partial charge on any atom is 0.123 e. The maximum atomic E-state index is 5.67. The Hall–Kier alpha value is -1.81. The van der Waals surface area contributed by atoms with Crippen molar-refractivity contribution in [3.63, 3.8) is 0 Å². The first-order chi connectivity index (χ1) is 8.67. The summed E-state index contributed by atoms with van der Waals surface area (Å²) in [4.78, 5) is 4.57. The molecule has 1 aromatic heterocycles. The molecule has 0 saturated carbocycles. The minimum atomic E-state index is 0.453. The van der Waals surface area contributed by atoms with Crippen LogP contribution in [0, 0.1) is 6.92 Å². The molecule has 2 aromatic rings. The normalized spacial score (nSPS) is 10.7. The molecule has 4 nitrogen and oxygen atoms in total. The molecule has 0 saturated heterocycles. The van der Waals surface area contributed by atoms with Gasteiger partial charge < -0.3 is 15.0 Å².